The largest absolute Gasteiger partial charge is 0.508 e. The highest BCUT2D eigenvalue weighted by atomic mass is 19.1. The third-order valence-electron chi connectivity index (χ3n) is 4.01. The number of benzene rings is 2. The number of rotatable bonds is 3. The molecule has 2 aromatic carbocycles. The Bertz CT molecular complexity index is 798. The van der Waals surface area contributed by atoms with Crippen molar-refractivity contribution < 1.29 is 13.9 Å². The number of allylic oxidation sites excluding steroid dienone is 1. The van der Waals surface area contributed by atoms with Crippen molar-refractivity contribution >= 4 is 5.57 Å². The molecule has 2 aromatic rings. The number of hydrogen-bond acceptors (Lipinski definition) is 2. The van der Waals surface area contributed by atoms with Gasteiger partial charge in [-0.1, -0.05) is 38.6 Å². The number of phenols is 1. The Kier molecular flexibility index (Phi) is 5.97. The molecule has 1 N–H and O–H groups in total. The molecule has 132 valence electrons. The zero-order valence-electron chi connectivity index (χ0n) is 14.8. The first-order valence-electron chi connectivity index (χ1n) is 8.33. The summed E-state index contributed by atoms with van der Waals surface area (Å²) in [5.74, 6) is -0.746. The zero-order chi connectivity index (χ0) is 18.6. The van der Waals surface area contributed by atoms with Crippen molar-refractivity contribution in [3.63, 3.8) is 0 Å². The number of phenolic OH excluding ortho intramolecular Hbond substituents is 1. The number of nitrogens with zero attached hydrogens (tertiary/aromatic N) is 1. The topological polar surface area (TPSA) is 23.5 Å². The van der Waals surface area contributed by atoms with Gasteiger partial charge < -0.3 is 10.0 Å². The summed E-state index contributed by atoms with van der Waals surface area (Å²) in [6, 6.07) is 10.2. The molecule has 0 bridgehead atoms. The molecular weight excluding hydrogens is 320 g/mol. The van der Waals surface area contributed by atoms with E-state index in [2.05, 4.69) is 6.58 Å². The predicted octanol–water partition coefficient (Wildman–Crippen LogP) is 5.67. The first-order chi connectivity index (χ1) is 12.0. The van der Waals surface area contributed by atoms with E-state index in [-0.39, 0.29) is 17.4 Å². The van der Waals surface area contributed by atoms with Crippen molar-refractivity contribution in [2.75, 3.05) is 6.54 Å². The van der Waals surface area contributed by atoms with Gasteiger partial charge in [0.25, 0.3) is 0 Å². The molecule has 0 aromatic heterocycles. The normalized spacial score (nSPS) is 16.1. The van der Waals surface area contributed by atoms with Crippen molar-refractivity contribution in [3.05, 3.63) is 83.6 Å². The first kappa shape index (κ1) is 18.7. The fourth-order valence-corrected chi connectivity index (χ4v) is 2.89. The van der Waals surface area contributed by atoms with Crippen molar-refractivity contribution in [1.29, 1.82) is 0 Å². The van der Waals surface area contributed by atoms with Gasteiger partial charge >= 0.3 is 0 Å². The molecule has 1 atom stereocenters. The summed E-state index contributed by atoms with van der Waals surface area (Å²) in [7, 11) is 0. The Morgan fingerprint density at radius 3 is 2.52 bits per heavy atom. The van der Waals surface area contributed by atoms with E-state index in [9.17, 15) is 13.9 Å². The minimum atomic E-state index is -0.468. The molecular formula is C21H23F2NO. The van der Waals surface area contributed by atoms with E-state index in [0.717, 1.165) is 23.4 Å². The maximum atomic E-state index is 14.1. The highest BCUT2D eigenvalue weighted by Crippen LogP contribution is 2.38. The summed E-state index contributed by atoms with van der Waals surface area (Å²) in [4.78, 5) is 1.99. The summed E-state index contributed by atoms with van der Waals surface area (Å²) >= 11 is 0. The summed E-state index contributed by atoms with van der Waals surface area (Å²) in [6.45, 7) is 10.3. The average Bonchev–Trinajstić information content (AvgIpc) is 3.04. The van der Waals surface area contributed by atoms with Crippen molar-refractivity contribution in [3.8, 4) is 5.75 Å². The minimum Gasteiger partial charge on any atom is -0.508 e. The highest BCUT2D eigenvalue weighted by Gasteiger charge is 2.28. The van der Waals surface area contributed by atoms with Crippen LogP contribution >= 0.6 is 0 Å². The van der Waals surface area contributed by atoms with E-state index in [1.165, 1.54) is 6.07 Å². The fraction of sp³-hybridized carbons (Fsp3) is 0.238. The second-order valence-electron chi connectivity index (χ2n) is 5.72. The van der Waals surface area contributed by atoms with E-state index in [1.54, 1.807) is 18.2 Å². The van der Waals surface area contributed by atoms with Gasteiger partial charge in [-0.15, -0.1) is 0 Å². The van der Waals surface area contributed by atoms with Crippen LogP contribution in [0.3, 0.4) is 0 Å². The van der Waals surface area contributed by atoms with E-state index < -0.39 is 11.6 Å². The zero-order valence-corrected chi connectivity index (χ0v) is 14.8. The van der Waals surface area contributed by atoms with Crippen LogP contribution in [0.2, 0.25) is 0 Å². The third-order valence-corrected chi connectivity index (χ3v) is 4.01. The molecule has 0 spiro atoms. The van der Waals surface area contributed by atoms with Gasteiger partial charge in [0, 0.05) is 17.8 Å². The molecule has 1 heterocycles. The van der Waals surface area contributed by atoms with Crippen molar-refractivity contribution in [2.45, 2.75) is 26.8 Å². The number of aromatic hydroxyl groups is 1. The quantitative estimate of drug-likeness (QED) is 0.776. The Balaban J connectivity index is 0.00000109. The molecule has 1 unspecified atom stereocenters. The van der Waals surface area contributed by atoms with Crippen LogP contribution in [0.1, 0.15) is 37.9 Å². The molecule has 1 aliphatic heterocycles. The van der Waals surface area contributed by atoms with Gasteiger partial charge in [0.05, 0.1) is 6.04 Å². The summed E-state index contributed by atoms with van der Waals surface area (Å²) in [5, 5.41) is 9.69. The monoisotopic (exact) mass is 343 g/mol. The molecule has 0 amide bonds. The molecule has 2 nitrogen and oxygen atoms in total. The SMILES string of the molecule is C=C(C)N1CC(c2cc(F)ccc2F)=CC1c1cccc(O)c1.CC. The van der Waals surface area contributed by atoms with Crippen LogP contribution in [0.15, 0.2) is 60.8 Å². The van der Waals surface area contributed by atoms with Gasteiger partial charge in [-0.3, -0.25) is 0 Å². The summed E-state index contributed by atoms with van der Waals surface area (Å²) in [5.41, 5.74) is 2.67. The lowest BCUT2D eigenvalue weighted by atomic mass is 10.0. The molecule has 1 aliphatic rings. The molecule has 0 saturated heterocycles. The van der Waals surface area contributed by atoms with Crippen LogP contribution in [0, 0.1) is 11.6 Å². The smallest absolute Gasteiger partial charge is 0.130 e. The summed E-state index contributed by atoms with van der Waals surface area (Å²) in [6.07, 6.45) is 1.89. The average molecular weight is 343 g/mol. The highest BCUT2D eigenvalue weighted by molar-refractivity contribution is 5.71. The maximum absolute atomic E-state index is 14.1. The maximum Gasteiger partial charge on any atom is 0.130 e. The van der Waals surface area contributed by atoms with Gasteiger partial charge in [0.15, 0.2) is 0 Å². The molecule has 3 rings (SSSR count). The van der Waals surface area contributed by atoms with Gasteiger partial charge in [0.1, 0.15) is 17.4 Å². The van der Waals surface area contributed by atoms with Crippen LogP contribution in [-0.2, 0) is 0 Å². The van der Waals surface area contributed by atoms with Crippen molar-refractivity contribution in [2.24, 2.45) is 0 Å². The van der Waals surface area contributed by atoms with Gasteiger partial charge in [-0.2, -0.15) is 0 Å². The molecule has 0 fully saturated rings. The fourth-order valence-electron chi connectivity index (χ4n) is 2.89. The van der Waals surface area contributed by atoms with E-state index in [1.807, 2.05) is 37.8 Å². The lowest BCUT2D eigenvalue weighted by Crippen LogP contribution is -2.22. The third kappa shape index (κ3) is 4.08. The van der Waals surface area contributed by atoms with E-state index >= 15 is 0 Å². The van der Waals surface area contributed by atoms with E-state index in [4.69, 9.17) is 0 Å². The van der Waals surface area contributed by atoms with Crippen LogP contribution in [0.4, 0.5) is 8.78 Å². The minimum absolute atomic E-state index is 0.169. The second-order valence-corrected chi connectivity index (χ2v) is 5.72. The van der Waals surface area contributed by atoms with Crippen LogP contribution < -0.4 is 0 Å². The predicted molar refractivity (Wildman–Crippen MR) is 98.1 cm³/mol. The first-order valence-corrected chi connectivity index (χ1v) is 8.33. The van der Waals surface area contributed by atoms with Gasteiger partial charge in [-0.05, 0) is 48.4 Å². The second kappa shape index (κ2) is 7.97. The Morgan fingerprint density at radius 1 is 1.16 bits per heavy atom. The molecule has 4 heteroatoms. The standard InChI is InChI=1S/C19H17F2NO.C2H6/c1-12(2)22-11-14(17-10-15(20)6-7-18(17)21)9-19(22)13-4-3-5-16(23)8-13;1-2/h3-10,19,23H,1,11H2,2H3;1-2H3. The Morgan fingerprint density at radius 2 is 1.88 bits per heavy atom. The van der Waals surface area contributed by atoms with Crippen molar-refractivity contribution in [1.82, 2.24) is 4.90 Å². The Labute approximate surface area is 147 Å². The summed E-state index contributed by atoms with van der Waals surface area (Å²) < 4.78 is 27.5. The Hall–Kier alpha value is -2.62. The number of halogens is 2. The lowest BCUT2D eigenvalue weighted by Gasteiger charge is -2.27. The van der Waals surface area contributed by atoms with Crippen LogP contribution in [0.25, 0.3) is 5.57 Å². The molecule has 25 heavy (non-hydrogen) atoms. The molecule has 0 aliphatic carbocycles. The number of hydrogen-bond donors (Lipinski definition) is 1. The van der Waals surface area contributed by atoms with Gasteiger partial charge in [-0.25, -0.2) is 8.78 Å². The van der Waals surface area contributed by atoms with Crippen LogP contribution in [-0.4, -0.2) is 16.6 Å². The van der Waals surface area contributed by atoms with Crippen LogP contribution in [0.5, 0.6) is 5.75 Å². The molecule has 0 radical (unpaired) electrons. The lowest BCUT2D eigenvalue weighted by molar-refractivity contribution is 0.353. The van der Waals surface area contributed by atoms with Gasteiger partial charge in [0.2, 0.25) is 0 Å². The molecule has 0 saturated carbocycles. The van der Waals surface area contributed by atoms with E-state index in [0.29, 0.717) is 12.1 Å².